The quantitative estimate of drug-likeness (QED) is 0.330. The van der Waals surface area contributed by atoms with Crippen LogP contribution in [0.2, 0.25) is 0 Å². The minimum atomic E-state index is -1.08. The molecule has 208 valence electrons. The second-order valence-corrected chi connectivity index (χ2v) is 13.3. The maximum absolute atomic E-state index is 11.4. The first kappa shape index (κ1) is 24.6. The summed E-state index contributed by atoms with van der Waals surface area (Å²) in [7, 11) is 0. The number of fused-ring (bicyclic) bond motifs is 1. The highest BCUT2D eigenvalue weighted by atomic mass is 16.5. The molecule has 7 heteroatoms. The van der Waals surface area contributed by atoms with E-state index in [4.69, 9.17) is 9.68 Å². The molecule has 40 heavy (non-hydrogen) atoms. The molecule has 8 rings (SSSR count). The van der Waals surface area contributed by atoms with E-state index in [1.165, 1.54) is 87.3 Å². The van der Waals surface area contributed by atoms with Crippen LogP contribution in [-0.2, 0) is 6.61 Å². The third-order valence-corrected chi connectivity index (χ3v) is 10.3. The Morgan fingerprint density at radius 3 is 2.42 bits per heavy atom. The summed E-state index contributed by atoms with van der Waals surface area (Å²) in [5.74, 6) is 2.97. The van der Waals surface area contributed by atoms with Crippen molar-refractivity contribution in [2.24, 2.45) is 17.3 Å². The van der Waals surface area contributed by atoms with E-state index < -0.39 is 5.97 Å². The van der Waals surface area contributed by atoms with Crippen LogP contribution < -0.4 is 4.90 Å². The molecule has 4 aliphatic carbocycles. The van der Waals surface area contributed by atoms with Crippen molar-refractivity contribution in [1.29, 1.82) is 0 Å². The molecule has 2 N–H and O–H groups in total. The third kappa shape index (κ3) is 4.33. The molecule has 3 heterocycles. The molecule has 1 saturated heterocycles. The van der Waals surface area contributed by atoms with E-state index in [1.807, 2.05) is 12.1 Å². The molecular formula is C33H37N3O4. The van der Waals surface area contributed by atoms with Gasteiger partial charge in [-0.05, 0) is 111 Å². The average Bonchev–Trinajstić information content (AvgIpc) is 3.80. The van der Waals surface area contributed by atoms with E-state index in [1.54, 1.807) is 5.57 Å². The lowest BCUT2D eigenvalue weighted by Gasteiger charge is -2.50. The lowest BCUT2D eigenvalue weighted by molar-refractivity contribution is 0.0690. The van der Waals surface area contributed by atoms with Crippen LogP contribution in [0.5, 0.6) is 0 Å². The Bertz CT molecular complexity index is 1500. The number of carboxylic acid groups (broad SMARTS) is 1. The number of aromatic carboxylic acids is 1. The summed E-state index contributed by atoms with van der Waals surface area (Å²) < 4.78 is 6.04. The summed E-state index contributed by atoms with van der Waals surface area (Å²) >= 11 is 0. The number of hydrogen-bond acceptors (Lipinski definition) is 6. The largest absolute Gasteiger partial charge is 0.477 e. The zero-order chi connectivity index (χ0) is 27.0. The standard InChI is InChI=1S/C33H37N3O4/c37-18-23-14-28(32(38)39)34-27-8-7-24(15-25(23)27)36-11-9-33(10-12-36)16-19(17-33)13-26-30(35-40-31(26)22-5-6-22)29(20-1-2-20)21-3-4-21/h7-8,13-15,20-22,29,37H,1-6,9-12,16-18H2,(H,38,39). The van der Waals surface area contributed by atoms with Crippen LogP contribution in [0.3, 0.4) is 0 Å². The Morgan fingerprint density at radius 2 is 1.80 bits per heavy atom. The third-order valence-electron chi connectivity index (χ3n) is 10.3. The number of benzene rings is 1. The van der Waals surface area contributed by atoms with Gasteiger partial charge in [-0.1, -0.05) is 16.8 Å². The smallest absolute Gasteiger partial charge is 0.354 e. The van der Waals surface area contributed by atoms with Crippen LogP contribution in [0.4, 0.5) is 5.69 Å². The molecule has 0 atom stereocenters. The van der Waals surface area contributed by atoms with E-state index in [-0.39, 0.29) is 12.3 Å². The molecule has 0 bridgehead atoms. The number of nitrogens with zero attached hydrogens (tertiary/aromatic N) is 3. The number of carbonyl (C=O) groups is 1. The highest BCUT2D eigenvalue weighted by molar-refractivity contribution is 5.92. The molecule has 7 nitrogen and oxygen atoms in total. The number of aliphatic hydroxyl groups excluding tert-OH is 1. The maximum Gasteiger partial charge on any atom is 0.354 e. The van der Waals surface area contributed by atoms with Gasteiger partial charge < -0.3 is 19.6 Å². The zero-order valence-corrected chi connectivity index (χ0v) is 22.9. The predicted octanol–water partition coefficient (Wildman–Crippen LogP) is 6.66. The fourth-order valence-corrected chi connectivity index (χ4v) is 7.62. The van der Waals surface area contributed by atoms with Crippen LogP contribution in [0.15, 0.2) is 34.4 Å². The fraction of sp³-hybridized carbons (Fsp3) is 0.545. The number of carboxylic acids is 1. The van der Waals surface area contributed by atoms with Gasteiger partial charge in [-0.25, -0.2) is 9.78 Å². The van der Waals surface area contributed by atoms with Crippen molar-refractivity contribution in [3.8, 4) is 0 Å². The number of rotatable bonds is 8. The Kier molecular flexibility index (Phi) is 5.63. The summed E-state index contributed by atoms with van der Waals surface area (Å²) in [5, 5.41) is 24.8. The Balaban J connectivity index is 0.978. The molecular weight excluding hydrogens is 502 g/mol. The normalized spacial score (nSPS) is 22.2. The van der Waals surface area contributed by atoms with Crippen molar-refractivity contribution in [2.45, 2.75) is 82.7 Å². The molecule has 5 aliphatic rings. The van der Waals surface area contributed by atoms with Gasteiger partial charge in [0.25, 0.3) is 0 Å². The fourth-order valence-electron chi connectivity index (χ4n) is 7.62. The monoisotopic (exact) mass is 539 g/mol. The van der Waals surface area contributed by atoms with E-state index in [9.17, 15) is 15.0 Å². The molecule has 4 saturated carbocycles. The van der Waals surface area contributed by atoms with Crippen LogP contribution >= 0.6 is 0 Å². The van der Waals surface area contributed by atoms with Gasteiger partial charge >= 0.3 is 5.97 Å². The van der Waals surface area contributed by atoms with Crippen molar-refractivity contribution in [2.75, 3.05) is 18.0 Å². The predicted molar refractivity (Wildman–Crippen MR) is 152 cm³/mol. The van der Waals surface area contributed by atoms with E-state index in [0.29, 0.717) is 28.3 Å². The summed E-state index contributed by atoms with van der Waals surface area (Å²) in [6.07, 6.45) is 15.1. The van der Waals surface area contributed by atoms with Crippen molar-refractivity contribution in [3.63, 3.8) is 0 Å². The van der Waals surface area contributed by atoms with Crippen LogP contribution in [0.25, 0.3) is 17.0 Å². The van der Waals surface area contributed by atoms with Crippen molar-refractivity contribution in [1.82, 2.24) is 10.1 Å². The zero-order valence-electron chi connectivity index (χ0n) is 22.9. The summed E-state index contributed by atoms with van der Waals surface area (Å²) in [4.78, 5) is 18.1. The van der Waals surface area contributed by atoms with Crippen LogP contribution in [-0.4, -0.2) is 39.4 Å². The Labute approximate surface area is 234 Å². The van der Waals surface area contributed by atoms with E-state index in [2.05, 4.69) is 22.0 Å². The van der Waals surface area contributed by atoms with Gasteiger partial charge in [-0.3, -0.25) is 0 Å². The Morgan fingerprint density at radius 1 is 1.07 bits per heavy atom. The molecule has 0 amide bonds. The van der Waals surface area contributed by atoms with Gasteiger partial charge in [-0.2, -0.15) is 0 Å². The number of aliphatic hydroxyl groups is 1. The van der Waals surface area contributed by atoms with Crippen molar-refractivity contribution < 1.29 is 19.5 Å². The molecule has 3 aromatic rings. The molecule has 0 radical (unpaired) electrons. The first-order valence-corrected chi connectivity index (χ1v) is 15.2. The number of anilines is 1. The second-order valence-electron chi connectivity index (χ2n) is 13.3. The maximum atomic E-state index is 11.4. The van der Waals surface area contributed by atoms with Gasteiger partial charge in [-0.15, -0.1) is 0 Å². The molecule has 1 aliphatic heterocycles. The van der Waals surface area contributed by atoms with Crippen molar-refractivity contribution >= 4 is 28.6 Å². The van der Waals surface area contributed by atoms with Crippen LogP contribution in [0.1, 0.15) is 109 Å². The SMILES string of the molecule is O=C(O)c1cc(CO)c2cc(N3CCC4(CC3)CC(=Cc3c(C(C5CC5)C5CC5)noc3C3CC3)C4)ccc2n1. The minimum absolute atomic E-state index is 0.0313. The van der Waals surface area contributed by atoms with Gasteiger partial charge in [0, 0.05) is 41.6 Å². The van der Waals surface area contributed by atoms with Crippen LogP contribution in [0, 0.1) is 17.3 Å². The lowest BCUT2D eigenvalue weighted by atomic mass is 9.60. The minimum Gasteiger partial charge on any atom is -0.477 e. The van der Waals surface area contributed by atoms with Crippen molar-refractivity contribution in [3.05, 3.63) is 58.1 Å². The van der Waals surface area contributed by atoms with E-state index in [0.717, 1.165) is 36.0 Å². The molecule has 0 unspecified atom stereocenters. The highest BCUT2D eigenvalue weighted by Gasteiger charge is 2.47. The van der Waals surface area contributed by atoms with Gasteiger partial charge in [0.2, 0.25) is 0 Å². The van der Waals surface area contributed by atoms with Gasteiger partial charge in [0.15, 0.2) is 0 Å². The second kappa shape index (κ2) is 9.16. The van der Waals surface area contributed by atoms with Gasteiger partial charge in [0.1, 0.15) is 11.5 Å². The summed E-state index contributed by atoms with van der Waals surface area (Å²) in [6.45, 7) is 1.80. The first-order chi connectivity index (χ1) is 19.5. The molecule has 1 spiro atoms. The topological polar surface area (TPSA) is 99.7 Å². The average molecular weight is 540 g/mol. The molecule has 1 aromatic carbocycles. The highest BCUT2D eigenvalue weighted by Crippen LogP contribution is 2.58. The number of aromatic nitrogens is 2. The number of piperidine rings is 1. The molecule has 2 aromatic heterocycles. The Hall–Kier alpha value is -3.19. The summed E-state index contributed by atoms with van der Waals surface area (Å²) in [5.41, 5.74) is 6.93. The lowest BCUT2D eigenvalue weighted by Crippen LogP contribution is -2.44. The number of pyridine rings is 1. The summed E-state index contributed by atoms with van der Waals surface area (Å²) in [6, 6.07) is 7.46. The number of hydrogen-bond donors (Lipinski definition) is 2. The van der Waals surface area contributed by atoms with Gasteiger partial charge in [0.05, 0.1) is 17.8 Å². The first-order valence-electron chi connectivity index (χ1n) is 15.2. The number of allylic oxidation sites excluding steroid dienone is 1. The molecule has 5 fully saturated rings. The van der Waals surface area contributed by atoms with E-state index >= 15 is 0 Å².